The average Bonchev–Trinajstić information content (AvgIpc) is 2.83. The molecule has 6 nitrogen and oxygen atoms in total. The summed E-state index contributed by atoms with van der Waals surface area (Å²) >= 11 is 0. The molecule has 10 heteroatoms. The standard InChI is InChI=1S/C24H26F2N4O2.2ClH/c25-19-5-1-3-7-21(19)27-11-15-29(16-12-27)23(31)9-10-24(32)30-17-13-28(14-18-30)22-8-4-2-6-20(22)26;;/h1-10H,11-18H2;2*1H/p-2/b10-9+;;. The van der Waals surface area contributed by atoms with E-state index in [9.17, 15) is 18.4 Å². The van der Waals surface area contributed by atoms with E-state index in [2.05, 4.69) is 0 Å². The van der Waals surface area contributed by atoms with E-state index in [0.29, 0.717) is 63.7 Å². The predicted molar refractivity (Wildman–Crippen MR) is 120 cm³/mol. The van der Waals surface area contributed by atoms with Crippen molar-refractivity contribution in [1.82, 2.24) is 9.80 Å². The van der Waals surface area contributed by atoms with Crippen LogP contribution in [0.2, 0.25) is 0 Å². The molecule has 2 fully saturated rings. The molecular formula is C24H26Cl2F2N4O2-2. The fourth-order valence-electron chi connectivity index (χ4n) is 4.11. The third-order valence-corrected chi connectivity index (χ3v) is 5.94. The van der Waals surface area contributed by atoms with Gasteiger partial charge in [-0.2, -0.15) is 0 Å². The van der Waals surface area contributed by atoms with E-state index in [-0.39, 0.29) is 48.3 Å². The minimum atomic E-state index is -0.270. The van der Waals surface area contributed by atoms with Gasteiger partial charge in [0.25, 0.3) is 0 Å². The van der Waals surface area contributed by atoms with Gasteiger partial charge in [0.1, 0.15) is 11.6 Å². The highest BCUT2D eigenvalue weighted by molar-refractivity contribution is 5.97. The molecule has 2 saturated heterocycles. The minimum Gasteiger partial charge on any atom is -1.00 e. The Morgan fingerprint density at radius 3 is 1.24 bits per heavy atom. The Morgan fingerprint density at radius 2 is 0.912 bits per heavy atom. The SMILES string of the molecule is O=C(/C=C/C(=O)N1CCN(c2ccccc2F)CC1)N1CCN(c2ccccc2F)CC1.[Cl-].[Cl-]. The van der Waals surface area contributed by atoms with Crippen LogP contribution in [0.25, 0.3) is 0 Å². The van der Waals surface area contributed by atoms with Gasteiger partial charge in [-0.3, -0.25) is 9.59 Å². The first-order chi connectivity index (χ1) is 15.5. The molecule has 0 aliphatic carbocycles. The maximum atomic E-state index is 14.0. The Kier molecular flexibility index (Phi) is 10.1. The van der Waals surface area contributed by atoms with E-state index in [1.165, 1.54) is 24.3 Å². The molecule has 0 atom stereocenters. The Balaban J connectivity index is 0.00000204. The molecule has 0 spiro atoms. The Bertz CT molecular complexity index is 928. The lowest BCUT2D eigenvalue weighted by atomic mass is 10.2. The van der Waals surface area contributed by atoms with Crippen LogP contribution in [0.3, 0.4) is 0 Å². The topological polar surface area (TPSA) is 47.1 Å². The lowest BCUT2D eigenvalue weighted by Gasteiger charge is -2.36. The molecule has 0 aromatic heterocycles. The Labute approximate surface area is 210 Å². The molecule has 0 bridgehead atoms. The summed E-state index contributed by atoms with van der Waals surface area (Å²) in [7, 11) is 0. The average molecular weight is 511 g/mol. The van der Waals surface area contributed by atoms with Crippen molar-refractivity contribution in [3.63, 3.8) is 0 Å². The van der Waals surface area contributed by atoms with Crippen LogP contribution in [-0.2, 0) is 9.59 Å². The number of para-hydroxylation sites is 2. The van der Waals surface area contributed by atoms with E-state index in [0.717, 1.165) is 0 Å². The molecule has 4 rings (SSSR count). The van der Waals surface area contributed by atoms with Gasteiger partial charge in [0.15, 0.2) is 0 Å². The fraction of sp³-hybridized carbons (Fsp3) is 0.333. The van der Waals surface area contributed by atoms with Crippen LogP contribution >= 0.6 is 0 Å². The molecule has 34 heavy (non-hydrogen) atoms. The van der Waals surface area contributed by atoms with E-state index in [4.69, 9.17) is 0 Å². The van der Waals surface area contributed by atoms with Crippen molar-refractivity contribution in [3.8, 4) is 0 Å². The van der Waals surface area contributed by atoms with E-state index in [1.54, 1.807) is 46.2 Å². The number of carbonyl (C=O) groups is 2. The van der Waals surface area contributed by atoms with E-state index >= 15 is 0 Å². The van der Waals surface area contributed by atoms with Gasteiger partial charge in [0.05, 0.1) is 11.4 Å². The number of rotatable bonds is 4. The van der Waals surface area contributed by atoms with Crippen LogP contribution in [0.4, 0.5) is 20.2 Å². The maximum Gasteiger partial charge on any atom is 0.246 e. The highest BCUT2D eigenvalue weighted by Gasteiger charge is 2.23. The molecule has 2 aliphatic heterocycles. The number of halogens is 4. The first-order valence-electron chi connectivity index (χ1n) is 10.8. The van der Waals surface area contributed by atoms with Crippen molar-refractivity contribution in [1.29, 1.82) is 0 Å². The van der Waals surface area contributed by atoms with Gasteiger partial charge >= 0.3 is 0 Å². The summed E-state index contributed by atoms with van der Waals surface area (Å²) in [6, 6.07) is 13.2. The monoisotopic (exact) mass is 510 g/mol. The van der Waals surface area contributed by atoms with Crippen molar-refractivity contribution in [3.05, 3.63) is 72.3 Å². The first-order valence-corrected chi connectivity index (χ1v) is 10.8. The lowest BCUT2D eigenvalue weighted by Crippen LogP contribution is -3.00. The molecule has 2 aromatic carbocycles. The second kappa shape index (κ2) is 12.6. The second-order valence-electron chi connectivity index (χ2n) is 7.86. The fourth-order valence-corrected chi connectivity index (χ4v) is 4.11. The summed E-state index contributed by atoms with van der Waals surface area (Å²) in [6.45, 7) is 4.00. The normalized spacial score (nSPS) is 16.2. The maximum absolute atomic E-state index is 14.0. The van der Waals surface area contributed by atoms with Gasteiger partial charge in [-0.25, -0.2) is 8.78 Å². The molecule has 0 unspecified atom stereocenters. The second-order valence-corrected chi connectivity index (χ2v) is 7.86. The first kappa shape index (κ1) is 27.4. The lowest BCUT2D eigenvalue weighted by molar-refractivity contribution is -0.128. The zero-order valence-corrected chi connectivity index (χ0v) is 20.1. The summed E-state index contributed by atoms with van der Waals surface area (Å²) < 4.78 is 27.9. The van der Waals surface area contributed by atoms with Crippen LogP contribution in [0.5, 0.6) is 0 Å². The van der Waals surface area contributed by atoms with E-state index in [1.807, 2.05) is 9.80 Å². The van der Waals surface area contributed by atoms with Crippen molar-refractivity contribution in [2.45, 2.75) is 0 Å². The number of hydrogen-bond acceptors (Lipinski definition) is 4. The van der Waals surface area contributed by atoms with Crippen molar-refractivity contribution >= 4 is 23.2 Å². The van der Waals surface area contributed by atoms with Crippen molar-refractivity contribution in [2.75, 3.05) is 62.2 Å². The Hall–Kier alpha value is -2.84. The third kappa shape index (κ3) is 6.39. The highest BCUT2D eigenvalue weighted by atomic mass is 35.5. The number of amides is 2. The molecule has 0 saturated carbocycles. The summed E-state index contributed by atoms with van der Waals surface area (Å²) in [4.78, 5) is 32.2. The summed E-state index contributed by atoms with van der Waals surface area (Å²) in [5.74, 6) is -0.992. The van der Waals surface area contributed by atoms with Crippen LogP contribution in [0, 0.1) is 11.6 Å². The summed E-state index contributed by atoms with van der Waals surface area (Å²) in [5.41, 5.74) is 1.08. The molecule has 2 amide bonds. The summed E-state index contributed by atoms with van der Waals surface area (Å²) in [6.07, 6.45) is 2.62. The zero-order valence-electron chi connectivity index (χ0n) is 18.5. The van der Waals surface area contributed by atoms with Crippen LogP contribution in [-0.4, -0.2) is 74.0 Å². The number of anilines is 2. The van der Waals surface area contributed by atoms with Crippen LogP contribution in [0.15, 0.2) is 60.7 Å². The summed E-state index contributed by atoms with van der Waals surface area (Å²) in [5, 5.41) is 0. The van der Waals surface area contributed by atoms with Gasteiger partial charge < -0.3 is 44.4 Å². The smallest absolute Gasteiger partial charge is 0.246 e. The van der Waals surface area contributed by atoms with Crippen molar-refractivity contribution in [2.24, 2.45) is 0 Å². The number of piperazine rings is 2. The number of hydrogen-bond donors (Lipinski definition) is 0. The highest BCUT2D eigenvalue weighted by Crippen LogP contribution is 2.21. The zero-order chi connectivity index (χ0) is 22.5. The van der Waals surface area contributed by atoms with Gasteiger partial charge in [-0.1, -0.05) is 24.3 Å². The van der Waals surface area contributed by atoms with Crippen LogP contribution in [0.1, 0.15) is 0 Å². The molecule has 0 radical (unpaired) electrons. The number of nitrogens with zero attached hydrogens (tertiary/aromatic N) is 4. The molecule has 184 valence electrons. The quantitative estimate of drug-likeness (QED) is 0.401. The number of benzene rings is 2. The van der Waals surface area contributed by atoms with Gasteiger partial charge in [0, 0.05) is 64.5 Å². The van der Waals surface area contributed by atoms with Crippen molar-refractivity contribution < 1.29 is 43.2 Å². The predicted octanol–water partition coefficient (Wildman–Crippen LogP) is -3.47. The van der Waals surface area contributed by atoms with Crippen LogP contribution < -0.4 is 34.6 Å². The Morgan fingerprint density at radius 1 is 0.588 bits per heavy atom. The van der Waals surface area contributed by atoms with Gasteiger partial charge in [-0.15, -0.1) is 0 Å². The van der Waals surface area contributed by atoms with E-state index < -0.39 is 0 Å². The molecule has 2 aliphatic rings. The largest absolute Gasteiger partial charge is 1.00 e. The molecule has 0 N–H and O–H groups in total. The van der Waals surface area contributed by atoms with Gasteiger partial charge in [-0.05, 0) is 24.3 Å². The molecule has 2 heterocycles. The molecule has 2 aromatic rings. The molecular weight excluding hydrogens is 485 g/mol. The minimum absolute atomic E-state index is 0. The number of carbonyl (C=O) groups excluding carboxylic acids is 2. The third-order valence-electron chi connectivity index (χ3n) is 5.94. The van der Waals surface area contributed by atoms with Gasteiger partial charge in [0.2, 0.25) is 11.8 Å².